The summed E-state index contributed by atoms with van der Waals surface area (Å²) in [7, 11) is 0. The summed E-state index contributed by atoms with van der Waals surface area (Å²) in [6.07, 6.45) is 12.1. The van der Waals surface area contributed by atoms with Crippen LogP contribution in [-0.4, -0.2) is 132 Å². The highest BCUT2D eigenvalue weighted by atomic mass is 32.1. The molecular formula is C85H106N20O11S3. The van der Waals surface area contributed by atoms with E-state index in [1.165, 1.54) is 34.0 Å². The van der Waals surface area contributed by atoms with Gasteiger partial charge in [0.2, 0.25) is 39.0 Å². The number of carbonyl (C=O) groups excluding carboxylic acids is 8. The maximum atomic E-state index is 12.6. The fourth-order valence-electron chi connectivity index (χ4n) is 11.3. The Morgan fingerprint density at radius 1 is 0.345 bits per heavy atom. The topological polar surface area (TPSA) is 429 Å². The number of nitrogens with two attached hydrogens (primary N) is 1. The molecule has 0 atom stereocenters. The van der Waals surface area contributed by atoms with Crippen molar-refractivity contribution < 1.29 is 52.6 Å². The number of rotatable bonds is 37. The second kappa shape index (κ2) is 47.4. The van der Waals surface area contributed by atoms with Gasteiger partial charge in [-0.25, -0.2) is 9.59 Å². The SMILES string of the molecule is CC(C)(C)OC(=O)CCc1cccc(CC(=O)Nc2nnc(CCCCc3ccc(N)nn3)s2)c1.CC(C)(C)OC(=O)CCc1cccc(CC(=O)Nc2nnc(CCCCc3ccc(NC(=O)Cc4ccccc4)nn3)s2)c1.CCNC(=O)Nc1ccc(CCCCc2nnc(NC(=O)Cc3cccc(CNC(=O)OC(C)(C)C)c3)s2)nn1. The van der Waals surface area contributed by atoms with Crippen LogP contribution in [0.3, 0.4) is 0 Å². The number of nitrogen functional groups attached to an aromatic ring is 1. The zero-order valence-corrected chi connectivity index (χ0v) is 71.4. The molecule has 119 heavy (non-hydrogen) atoms. The maximum absolute atomic E-state index is 12.6. The van der Waals surface area contributed by atoms with Gasteiger partial charge >= 0.3 is 24.1 Å². The fourth-order valence-corrected chi connectivity index (χ4v) is 13.7. The minimum absolute atomic E-state index is 0.132. The van der Waals surface area contributed by atoms with Crippen LogP contribution in [0.2, 0.25) is 0 Å². The average Bonchev–Trinajstić information content (AvgIpc) is 1.84. The molecule has 0 aliphatic carbocycles. The average molecular weight is 1680 g/mol. The molecule has 0 saturated carbocycles. The third-order valence-corrected chi connectivity index (χ3v) is 19.3. The molecule has 7 amide bonds. The number of amides is 7. The molecule has 0 unspecified atom stereocenters. The minimum atomic E-state index is -0.565. The van der Waals surface area contributed by atoms with Crippen LogP contribution < -0.4 is 43.0 Å². The molecule has 34 heteroatoms. The van der Waals surface area contributed by atoms with Crippen molar-refractivity contribution in [3.8, 4) is 0 Å². The number of hydrogen-bond donors (Lipinski definition) is 8. The van der Waals surface area contributed by atoms with Crippen molar-refractivity contribution in [2.45, 2.75) is 221 Å². The molecule has 0 aliphatic heterocycles. The lowest BCUT2D eigenvalue weighted by Gasteiger charge is -2.19. The number of aryl methyl sites for hydroxylation is 8. The first kappa shape index (κ1) is 92.5. The Bertz CT molecular complexity index is 4890. The van der Waals surface area contributed by atoms with E-state index in [1.54, 1.807) is 39.0 Å². The van der Waals surface area contributed by atoms with E-state index in [0.717, 1.165) is 148 Å². The largest absolute Gasteiger partial charge is 0.460 e. The number of nitrogens with zero attached hydrogens (tertiary/aromatic N) is 12. The van der Waals surface area contributed by atoms with E-state index in [-0.39, 0.29) is 73.7 Å². The highest BCUT2D eigenvalue weighted by Crippen LogP contribution is 2.24. The van der Waals surface area contributed by atoms with Gasteiger partial charge in [-0.2, -0.15) is 15.3 Å². The van der Waals surface area contributed by atoms with Gasteiger partial charge in [0.25, 0.3) is 0 Å². The predicted molar refractivity (Wildman–Crippen MR) is 459 cm³/mol. The van der Waals surface area contributed by atoms with Crippen LogP contribution in [-0.2, 0) is 127 Å². The lowest BCUT2D eigenvalue weighted by atomic mass is 10.0. The van der Waals surface area contributed by atoms with Crippen LogP contribution in [0.1, 0.15) is 192 Å². The summed E-state index contributed by atoms with van der Waals surface area (Å²) in [5.74, 6) is 0.141. The van der Waals surface area contributed by atoms with Crippen molar-refractivity contribution in [1.29, 1.82) is 0 Å². The van der Waals surface area contributed by atoms with Gasteiger partial charge in [-0.3, -0.25) is 34.1 Å². The van der Waals surface area contributed by atoms with Gasteiger partial charge in [-0.1, -0.05) is 137 Å². The highest BCUT2D eigenvalue weighted by molar-refractivity contribution is 7.16. The van der Waals surface area contributed by atoms with Gasteiger partial charge in [-0.15, -0.1) is 45.9 Å². The molecule has 0 fully saturated rings. The molecule has 31 nitrogen and oxygen atoms in total. The first-order chi connectivity index (χ1) is 56.9. The van der Waals surface area contributed by atoms with E-state index < -0.39 is 22.9 Å². The Hall–Kier alpha value is -12.0. The number of hydrogen-bond acceptors (Lipinski definition) is 27. The molecule has 0 bridgehead atoms. The van der Waals surface area contributed by atoms with Gasteiger partial charge in [0.05, 0.1) is 42.8 Å². The first-order valence-electron chi connectivity index (χ1n) is 39.5. The van der Waals surface area contributed by atoms with Gasteiger partial charge in [0.15, 0.2) is 11.6 Å². The first-order valence-corrected chi connectivity index (χ1v) is 41.9. The number of benzene rings is 4. The van der Waals surface area contributed by atoms with E-state index in [1.807, 2.05) is 170 Å². The van der Waals surface area contributed by atoms with Crippen LogP contribution in [0.5, 0.6) is 0 Å². The van der Waals surface area contributed by atoms with Crippen molar-refractivity contribution in [3.05, 3.63) is 211 Å². The molecule has 4 aromatic carbocycles. The van der Waals surface area contributed by atoms with E-state index >= 15 is 0 Å². The number of alkyl carbamates (subject to hydrolysis) is 1. The maximum Gasteiger partial charge on any atom is 0.407 e. The molecule has 0 saturated heterocycles. The van der Waals surface area contributed by atoms with Crippen LogP contribution >= 0.6 is 34.0 Å². The molecule has 9 N–H and O–H groups in total. The lowest BCUT2D eigenvalue weighted by Crippen LogP contribution is -2.32. The zero-order chi connectivity index (χ0) is 85.6. The van der Waals surface area contributed by atoms with Crippen LogP contribution in [0.25, 0.3) is 0 Å². The molecule has 6 aromatic heterocycles. The van der Waals surface area contributed by atoms with Crippen LogP contribution in [0, 0.1) is 0 Å². The van der Waals surface area contributed by atoms with Gasteiger partial charge in [0, 0.05) is 45.2 Å². The second-order valence-electron chi connectivity index (χ2n) is 30.8. The molecular weight excluding hydrogens is 1570 g/mol. The summed E-state index contributed by atoms with van der Waals surface area (Å²) in [6, 6.07) is 42.9. The zero-order valence-electron chi connectivity index (χ0n) is 69.0. The quantitative estimate of drug-likeness (QED) is 0.0102. The molecule has 6 heterocycles. The standard InChI is InChI=1S/C33H38N6O4S.C27H36N8O4S.C25H32N6O3S/c1-33(2,3)43-31(42)19-16-24-12-9-13-25(20-24)22-29(41)35-32-39-38-30(44-32)15-8-7-14-26-17-18-27(37-36-26)34-28(40)21-23-10-5-4-6-11-23;1-5-28-24(37)30-21-14-13-20(32-33-21)11-6-7-12-23-34-35-25(40-23)31-22(36)16-18-9-8-10-19(15-18)17-29-26(38)39-27(2,3)4;1-25(2,3)34-23(33)14-11-17-7-6-8-18(15-17)16-21(32)27-24-31-30-22(35-24)10-5-4-9-19-12-13-20(26)29-28-19/h4-6,9-13,17-18,20H,7-8,14-16,19,21-22H2,1-3H3,(H,34,37,40)(H,35,39,41);8-10,13-15H,5-7,11-12,16-17H2,1-4H3,(H,29,38)(H,31,35,36)(H2,28,30,33,37);6-8,12-13,15H,4-5,9-11,14,16H2,1-3H3,(H2,26,29)(H,27,31,32). The molecule has 10 rings (SSSR count). The summed E-state index contributed by atoms with van der Waals surface area (Å²) in [4.78, 5) is 97.3. The van der Waals surface area contributed by atoms with E-state index in [0.29, 0.717) is 65.2 Å². The number of nitrogens with one attached hydrogen (secondary N) is 7. The number of unbranched alkanes of at least 4 members (excludes halogenated alkanes) is 3. The smallest absolute Gasteiger partial charge is 0.407 e. The Balaban J connectivity index is 0.000000224. The van der Waals surface area contributed by atoms with Crippen molar-refractivity contribution in [3.63, 3.8) is 0 Å². The molecule has 0 spiro atoms. The third kappa shape index (κ3) is 38.3. The minimum Gasteiger partial charge on any atom is -0.460 e. The van der Waals surface area contributed by atoms with Crippen molar-refractivity contribution in [2.75, 3.05) is 38.9 Å². The van der Waals surface area contributed by atoms with Gasteiger partial charge < -0.3 is 51.8 Å². The number of urea groups is 1. The highest BCUT2D eigenvalue weighted by Gasteiger charge is 2.21. The molecule has 0 radical (unpaired) electrons. The molecule has 630 valence electrons. The van der Waals surface area contributed by atoms with Crippen LogP contribution in [0.4, 0.5) is 42.4 Å². The molecule has 0 aliphatic rings. The lowest BCUT2D eigenvalue weighted by molar-refractivity contribution is -0.155. The Kier molecular flexibility index (Phi) is 36.8. The summed E-state index contributed by atoms with van der Waals surface area (Å²) >= 11 is 4.12. The van der Waals surface area contributed by atoms with E-state index in [2.05, 4.69) is 98.4 Å². The number of aromatic nitrogens is 12. The summed E-state index contributed by atoms with van der Waals surface area (Å²) < 4.78 is 16.0. The van der Waals surface area contributed by atoms with E-state index in [4.69, 9.17) is 19.9 Å². The third-order valence-electron chi connectivity index (χ3n) is 16.6. The Morgan fingerprint density at radius 2 is 0.706 bits per heavy atom. The second-order valence-corrected chi connectivity index (χ2v) is 33.9. The predicted octanol–water partition coefficient (Wildman–Crippen LogP) is 13.7. The fraction of sp³-hybridized carbons (Fsp3) is 0.412. The Morgan fingerprint density at radius 3 is 1.10 bits per heavy atom. The number of carbonyl (C=O) groups is 8. The Labute approximate surface area is 705 Å². The normalized spacial score (nSPS) is 11.1. The number of esters is 2. The van der Waals surface area contributed by atoms with E-state index in [9.17, 15) is 38.4 Å². The van der Waals surface area contributed by atoms with Crippen molar-refractivity contribution in [1.82, 2.24) is 71.8 Å². The summed E-state index contributed by atoms with van der Waals surface area (Å²) in [5.41, 5.74) is 12.9. The summed E-state index contributed by atoms with van der Waals surface area (Å²) in [6.45, 7) is 19.2. The summed E-state index contributed by atoms with van der Waals surface area (Å²) in [5, 5.41) is 72.6. The monoisotopic (exact) mass is 1680 g/mol. The molecule has 10 aromatic rings. The van der Waals surface area contributed by atoms with Gasteiger partial charge in [0.1, 0.15) is 37.6 Å². The number of anilines is 6. The van der Waals surface area contributed by atoms with Crippen molar-refractivity contribution >= 4 is 115 Å². The van der Waals surface area contributed by atoms with Gasteiger partial charge in [-0.05, 0) is 215 Å². The number of ether oxygens (including phenoxy) is 3. The van der Waals surface area contributed by atoms with Crippen molar-refractivity contribution in [2.24, 2.45) is 0 Å². The van der Waals surface area contributed by atoms with Crippen LogP contribution in [0.15, 0.2) is 140 Å².